The molecule has 0 aromatic heterocycles. The molecule has 0 saturated carbocycles. The van der Waals surface area contributed by atoms with Gasteiger partial charge in [-0.15, -0.1) is 0 Å². The molecule has 2 aromatic carbocycles. The van der Waals surface area contributed by atoms with Crippen LogP contribution in [-0.2, 0) is 21.9 Å². The number of hydrogen-bond donors (Lipinski definition) is 1. The van der Waals surface area contributed by atoms with E-state index in [-0.39, 0.29) is 17.9 Å². The number of nitrogens with zero attached hydrogens (tertiary/aromatic N) is 1. The molecule has 0 aliphatic rings. The summed E-state index contributed by atoms with van der Waals surface area (Å²) in [5.74, 6) is 2.29. The molecule has 5 nitrogen and oxygen atoms in total. The van der Waals surface area contributed by atoms with Crippen molar-refractivity contribution >= 4 is 23.6 Å². The standard InChI is InChI=1S/C26H36N2O3S/c1-5-20(3)27-26(30)24(6-2)28(18-21-12-14-23(31-4)15-13-21)25(29)16-17-32-19-22-10-8-7-9-11-22/h7-15,20,24H,5-6,16-19H2,1-4H3,(H,27,30)/t20-,24+/m0/s1. The first kappa shape index (κ1) is 25.8. The highest BCUT2D eigenvalue weighted by molar-refractivity contribution is 7.98. The van der Waals surface area contributed by atoms with Crippen LogP contribution in [0.15, 0.2) is 54.6 Å². The lowest BCUT2D eigenvalue weighted by atomic mass is 10.1. The number of thioether (sulfide) groups is 1. The smallest absolute Gasteiger partial charge is 0.243 e. The van der Waals surface area contributed by atoms with E-state index in [2.05, 4.69) is 17.4 Å². The topological polar surface area (TPSA) is 58.6 Å². The molecule has 0 aliphatic carbocycles. The first-order valence-corrected chi connectivity index (χ1v) is 12.5. The van der Waals surface area contributed by atoms with E-state index in [4.69, 9.17) is 4.74 Å². The highest BCUT2D eigenvalue weighted by Gasteiger charge is 2.28. The zero-order chi connectivity index (χ0) is 23.3. The van der Waals surface area contributed by atoms with Gasteiger partial charge in [0.15, 0.2) is 0 Å². The second kappa shape index (κ2) is 13.8. The first-order valence-electron chi connectivity index (χ1n) is 11.3. The van der Waals surface area contributed by atoms with Crippen LogP contribution in [0, 0.1) is 0 Å². The zero-order valence-electron chi connectivity index (χ0n) is 19.7. The summed E-state index contributed by atoms with van der Waals surface area (Å²) in [5, 5.41) is 3.05. The minimum Gasteiger partial charge on any atom is -0.497 e. The molecule has 32 heavy (non-hydrogen) atoms. The van der Waals surface area contributed by atoms with Gasteiger partial charge in [0.1, 0.15) is 11.8 Å². The average molecular weight is 457 g/mol. The first-order chi connectivity index (χ1) is 15.5. The number of carbonyl (C=O) groups is 2. The maximum absolute atomic E-state index is 13.3. The van der Waals surface area contributed by atoms with Crippen LogP contribution in [0.4, 0.5) is 0 Å². The van der Waals surface area contributed by atoms with E-state index in [1.807, 2.05) is 63.2 Å². The van der Waals surface area contributed by atoms with E-state index in [0.29, 0.717) is 19.4 Å². The van der Waals surface area contributed by atoms with Crippen LogP contribution in [0.2, 0.25) is 0 Å². The molecule has 0 bridgehead atoms. The van der Waals surface area contributed by atoms with Gasteiger partial charge in [-0.1, -0.05) is 56.3 Å². The molecule has 0 radical (unpaired) electrons. The lowest BCUT2D eigenvalue weighted by Crippen LogP contribution is -2.50. The van der Waals surface area contributed by atoms with E-state index >= 15 is 0 Å². The van der Waals surface area contributed by atoms with Crippen LogP contribution in [0.3, 0.4) is 0 Å². The predicted octanol–water partition coefficient (Wildman–Crippen LogP) is 5.04. The molecule has 0 fully saturated rings. The molecule has 0 unspecified atom stereocenters. The average Bonchev–Trinajstić information content (AvgIpc) is 2.82. The maximum atomic E-state index is 13.3. The highest BCUT2D eigenvalue weighted by atomic mass is 32.2. The summed E-state index contributed by atoms with van der Waals surface area (Å²) < 4.78 is 5.24. The SMILES string of the molecule is CC[C@H](C(=O)N[C@@H](C)CC)N(Cc1ccc(OC)cc1)C(=O)CCSCc1ccccc1. The van der Waals surface area contributed by atoms with Gasteiger partial charge in [-0.2, -0.15) is 11.8 Å². The molecule has 1 N–H and O–H groups in total. The van der Waals surface area contributed by atoms with Crippen LogP contribution in [-0.4, -0.2) is 41.7 Å². The number of amides is 2. The van der Waals surface area contributed by atoms with E-state index in [1.165, 1.54) is 5.56 Å². The third-order valence-electron chi connectivity index (χ3n) is 5.47. The lowest BCUT2D eigenvalue weighted by Gasteiger charge is -2.31. The third-order valence-corrected chi connectivity index (χ3v) is 6.50. The zero-order valence-corrected chi connectivity index (χ0v) is 20.5. The van der Waals surface area contributed by atoms with Crippen LogP contribution in [0.25, 0.3) is 0 Å². The fraction of sp³-hybridized carbons (Fsp3) is 0.462. The Balaban J connectivity index is 2.07. The summed E-state index contributed by atoms with van der Waals surface area (Å²) in [5.41, 5.74) is 2.23. The normalized spacial score (nSPS) is 12.6. The number of nitrogens with one attached hydrogen (secondary N) is 1. The van der Waals surface area contributed by atoms with Crippen LogP contribution in [0.5, 0.6) is 5.75 Å². The Hall–Kier alpha value is -2.47. The van der Waals surface area contributed by atoms with Crippen LogP contribution < -0.4 is 10.1 Å². The van der Waals surface area contributed by atoms with Crippen LogP contribution in [0.1, 0.15) is 51.2 Å². The van der Waals surface area contributed by atoms with E-state index < -0.39 is 6.04 Å². The van der Waals surface area contributed by atoms with Gasteiger partial charge in [0.2, 0.25) is 11.8 Å². The van der Waals surface area contributed by atoms with Crippen molar-refractivity contribution in [2.75, 3.05) is 12.9 Å². The van der Waals surface area contributed by atoms with E-state index in [9.17, 15) is 9.59 Å². The molecule has 6 heteroatoms. The second-order valence-corrected chi connectivity index (χ2v) is 9.01. The summed E-state index contributed by atoms with van der Waals surface area (Å²) in [6.07, 6.45) is 1.83. The molecule has 174 valence electrons. The van der Waals surface area contributed by atoms with Gasteiger partial charge in [0.25, 0.3) is 0 Å². The van der Waals surface area contributed by atoms with Crippen molar-refractivity contribution in [3.05, 3.63) is 65.7 Å². The number of rotatable bonds is 13. The van der Waals surface area contributed by atoms with Gasteiger partial charge < -0.3 is 15.0 Å². The van der Waals surface area contributed by atoms with Crippen molar-refractivity contribution in [2.24, 2.45) is 0 Å². The minimum absolute atomic E-state index is 0.00697. The molecule has 0 spiro atoms. The molecular weight excluding hydrogens is 420 g/mol. The third kappa shape index (κ3) is 8.23. The number of ether oxygens (including phenoxy) is 1. The Labute approximate surface area is 196 Å². The summed E-state index contributed by atoms with van der Waals surface area (Å²) in [7, 11) is 1.63. The highest BCUT2D eigenvalue weighted by Crippen LogP contribution is 2.19. The van der Waals surface area contributed by atoms with Gasteiger partial charge in [0, 0.05) is 30.5 Å². The Bertz CT molecular complexity index is 827. The van der Waals surface area contributed by atoms with E-state index in [0.717, 1.165) is 29.2 Å². The van der Waals surface area contributed by atoms with Crippen molar-refractivity contribution in [1.82, 2.24) is 10.2 Å². The Morgan fingerprint density at radius 2 is 1.69 bits per heavy atom. The molecule has 0 heterocycles. The fourth-order valence-corrected chi connectivity index (χ4v) is 4.25. The van der Waals surface area contributed by atoms with E-state index in [1.54, 1.807) is 23.8 Å². The lowest BCUT2D eigenvalue weighted by molar-refractivity contribution is -0.141. The predicted molar refractivity (Wildman–Crippen MR) is 133 cm³/mol. The number of carbonyl (C=O) groups excluding carboxylic acids is 2. The van der Waals surface area contributed by atoms with Gasteiger partial charge in [-0.05, 0) is 43.0 Å². The maximum Gasteiger partial charge on any atom is 0.243 e. The Morgan fingerprint density at radius 3 is 2.28 bits per heavy atom. The number of methoxy groups -OCH3 is 1. The molecule has 2 amide bonds. The van der Waals surface area contributed by atoms with Crippen molar-refractivity contribution in [3.63, 3.8) is 0 Å². The van der Waals surface area contributed by atoms with Crippen LogP contribution >= 0.6 is 11.8 Å². The summed E-state index contributed by atoms with van der Waals surface area (Å²) in [6.45, 7) is 6.38. The second-order valence-electron chi connectivity index (χ2n) is 7.90. The molecule has 2 aromatic rings. The fourth-order valence-electron chi connectivity index (χ4n) is 3.36. The van der Waals surface area contributed by atoms with Gasteiger partial charge in [0.05, 0.1) is 7.11 Å². The minimum atomic E-state index is -0.488. The molecule has 2 atom stereocenters. The summed E-state index contributed by atoms with van der Waals surface area (Å²) in [6, 6.07) is 17.5. The monoisotopic (exact) mass is 456 g/mol. The van der Waals surface area contributed by atoms with Crippen molar-refractivity contribution in [3.8, 4) is 5.75 Å². The molecule has 0 aliphatic heterocycles. The van der Waals surface area contributed by atoms with Crippen molar-refractivity contribution < 1.29 is 14.3 Å². The Kier molecular flexibility index (Phi) is 11.2. The number of hydrogen-bond acceptors (Lipinski definition) is 4. The molecule has 2 rings (SSSR count). The van der Waals surface area contributed by atoms with Crippen molar-refractivity contribution in [1.29, 1.82) is 0 Å². The summed E-state index contributed by atoms with van der Waals surface area (Å²) >= 11 is 1.74. The van der Waals surface area contributed by atoms with Gasteiger partial charge in [-0.25, -0.2) is 0 Å². The summed E-state index contributed by atoms with van der Waals surface area (Å²) in [4.78, 5) is 28.0. The number of benzene rings is 2. The molecule has 0 saturated heterocycles. The van der Waals surface area contributed by atoms with Gasteiger partial charge >= 0.3 is 0 Å². The quantitative estimate of drug-likeness (QED) is 0.429. The Morgan fingerprint density at radius 1 is 1.00 bits per heavy atom. The van der Waals surface area contributed by atoms with Gasteiger partial charge in [-0.3, -0.25) is 9.59 Å². The van der Waals surface area contributed by atoms with Crippen molar-refractivity contribution in [2.45, 2.75) is 64.4 Å². The largest absolute Gasteiger partial charge is 0.497 e. The molecular formula is C26H36N2O3S.